The molecule has 1 unspecified atom stereocenters. The second-order valence-corrected chi connectivity index (χ2v) is 6.89. The predicted molar refractivity (Wildman–Crippen MR) is 99.9 cm³/mol. The van der Waals surface area contributed by atoms with E-state index in [1.165, 1.54) is 35.2 Å². The molecule has 0 bridgehead atoms. The summed E-state index contributed by atoms with van der Waals surface area (Å²) in [5, 5.41) is 2.60. The Bertz CT molecular complexity index is 815. The number of halogens is 3. The van der Waals surface area contributed by atoms with Crippen LogP contribution in [0, 0.1) is 17.5 Å². The third-order valence-electron chi connectivity index (χ3n) is 3.99. The van der Waals surface area contributed by atoms with Gasteiger partial charge in [-0.15, -0.1) is 11.8 Å². The van der Waals surface area contributed by atoms with Gasteiger partial charge < -0.3 is 10.2 Å². The van der Waals surface area contributed by atoms with Gasteiger partial charge in [-0.05, 0) is 48.9 Å². The smallest absolute Gasteiger partial charge is 0.234 e. The van der Waals surface area contributed by atoms with Crippen molar-refractivity contribution in [1.29, 1.82) is 0 Å². The molecule has 2 amide bonds. The van der Waals surface area contributed by atoms with Gasteiger partial charge in [0.2, 0.25) is 11.8 Å². The predicted octanol–water partition coefficient (Wildman–Crippen LogP) is 4.00. The molecule has 0 saturated heterocycles. The number of hydrogen-bond donors (Lipinski definition) is 1. The van der Waals surface area contributed by atoms with Crippen LogP contribution in [0.5, 0.6) is 0 Å². The molecule has 0 saturated carbocycles. The standard InChI is InChI=1S/C19H19F3N2O2S/c1-12(13-3-8-16(21)17(22)9-13)24(2)19(26)11-27-10-18(25)23-15-6-4-14(20)5-7-15/h3-9,12H,10-11H2,1-2H3,(H,23,25). The van der Waals surface area contributed by atoms with E-state index in [2.05, 4.69) is 5.32 Å². The lowest BCUT2D eigenvalue weighted by molar-refractivity contribution is -0.128. The second kappa shape index (κ2) is 9.45. The SMILES string of the molecule is CC(c1ccc(F)c(F)c1)N(C)C(=O)CSCC(=O)Nc1ccc(F)cc1. The largest absolute Gasteiger partial charge is 0.338 e. The van der Waals surface area contributed by atoms with Gasteiger partial charge >= 0.3 is 0 Å². The highest BCUT2D eigenvalue weighted by Crippen LogP contribution is 2.21. The molecule has 0 aliphatic heterocycles. The fourth-order valence-corrected chi connectivity index (χ4v) is 3.01. The summed E-state index contributed by atoms with van der Waals surface area (Å²) in [7, 11) is 1.56. The van der Waals surface area contributed by atoms with Crippen molar-refractivity contribution >= 4 is 29.3 Å². The molecule has 2 aromatic rings. The monoisotopic (exact) mass is 396 g/mol. The van der Waals surface area contributed by atoms with Crippen LogP contribution in [0.4, 0.5) is 18.9 Å². The molecule has 1 atom stereocenters. The lowest BCUT2D eigenvalue weighted by atomic mass is 10.1. The zero-order valence-electron chi connectivity index (χ0n) is 14.8. The second-order valence-electron chi connectivity index (χ2n) is 5.90. The molecule has 0 heterocycles. The van der Waals surface area contributed by atoms with E-state index in [1.807, 2.05) is 0 Å². The average molecular weight is 396 g/mol. The summed E-state index contributed by atoms with van der Waals surface area (Å²) in [6, 6.07) is 8.43. The molecule has 0 fully saturated rings. The normalized spacial score (nSPS) is 11.7. The molecule has 0 aliphatic carbocycles. The summed E-state index contributed by atoms with van der Waals surface area (Å²) in [6.07, 6.45) is 0. The number of thioether (sulfide) groups is 1. The number of hydrogen-bond acceptors (Lipinski definition) is 3. The van der Waals surface area contributed by atoms with E-state index in [0.717, 1.165) is 23.9 Å². The number of nitrogens with one attached hydrogen (secondary N) is 1. The number of carbonyl (C=O) groups is 2. The molecule has 4 nitrogen and oxygen atoms in total. The molecule has 0 aromatic heterocycles. The van der Waals surface area contributed by atoms with Gasteiger partial charge in [0.05, 0.1) is 17.5 Å². The van der Waals surface area contributed by atoms with Crippen molar-refractivity contribution in [3.63, 3.8) is 0 Å². The Morgan fingerprint density at radius 3 is 2.33 bits per heavy atom. The lowest BCUT2D eigenvalue weighted by Gasteiger charge is -2.25. The number of carbonyl (C=O) groups excluding carboxylic acids is 2. The van der Waals surface area contributed by atoms with Crippen LogP contribution in [0.1, 0.15) is 18.5 Å². The third kappa shape index (κ3) is 6.02. The highest BCUT2D eigenvalue weighted by atomic mass is 32.2. The molecular formula is C19H19F3N2O2S. The number of anilines is 1. The summed E-state index contributed by atoms with van der Waals surface area (Å²) in [4.78, 5) is 25.5. The summed E-state index contributed by atoms with van der Waals surface area (Å²) >= 11 is 1.13. The summed E-state index contributed by atoms with van der Waals surface area (Å²) in [5.41, 5.74) is 0.946. The molecule has 1 N–H and O–H groups in total. The first-order chi connectivity index (χ1) is 12.8. The number of benzene rings is 2. The quantitative estimate of drug-likeness (QED) is 0.770. The van der Waals surface area contributed by atoms with Crippen LogP contribution >= 0.6 is 11.8 Å². The van der Waals surface area contributed by atoms with Gasteiger partial charge in [-0.2, -0.15) is 0 Å². The zero-order valence-corrected chi connectivity index (χ0v) is 15.7. The number of amides is 2. The van der Waals surface area contributed by atoms with Crippen LogP contribution in [0.2, 0.25) is 0 Å². The molecular weight excluding hydrogens is 377 g/mol. The average Bonchev–Trinajstić information content (AvgIpc) is 2.64. The van der Waals surface area contributed by atoms with Crippen molar-refractivity contribution < 1.29 is 22.8 Å². The van der Waals surface area contributed by atoms with Crippen LogP contribution in [0.25, 0.3) is 0 Å². The van der Waals surface area contributed by atoms with E-state index in [-0.39, 0.29) is 23.3 Å². The Labute approximate surface area is 159 Å². The number of nitrogens with zero attached hydrogens (tertiary/aromatic N) is 1. The van der Waals surface area contributed by atoms with Crippen molar-refractivity contribution in [3.05, 3.63) is 65.5 Å². The van der Waals surface area contributed by atoms with Crippen LogP contribution in [-0.4, -0.2) is 35.3 Å². The topological polar surface area (TPSA) is 49.4 Å². The van der Waals surface area contributed by atoms with Gasteiger partial charge in [0.15, 0.2) is 11.6 Å². The molecule has 0 aliphatic rings. The molecule has 2 aromatic carbocycles. The van der Waals surface area contributed by atoms with E-state index in [0.29, 0.717) is 11.3 Å². The third-order valence-corrected chi connectivity index (χ3v) is 4.90. The van der Waals surface area contributed by atoms with Crippen molar-refractivity contribution in [2.45, 2.75) is 13.0 Å². The minimum absolute atomic E-state index is 0.0521. The Morgan fingerprint density at radius 2 is 1.70 bits per heavy atom. The molecule has 27 heavy (non-hydrogen) atoms. The first kappa shape index (κ1) is 20.8. The molecule has 0 radical (unpaired) electrons. The van der Waals surface area contributed by atoms with Gasteiger partial charge in [-0.1, -0.05) is 6.07 Å². The summed E-state index contributed by atoms with van der Waals surface area (Å²) < 4.78 is 39.2. The first-order valence-electron chi connectivity index (χ1n) is 8.11. The van der Waals surface area contributed by atoms with E-state index in [4.69, 9.17) is 0 Å². The molecule has 0 spiro atoms. The Morgan fingerprint density at radius 1 is 1.04 bits per heavy atom. The maximum absolute atomic E-state index is 13.3. The van der Waals surface area contributed by atoms with E-state index >= 15 is 0 Å². The van der Waals surface area contributed by atoms with Crippen LogP contribution in [-0.2, 0) is 9.59 Å². The van der Waals surface area contributed by atoms with E-state index < -0.39 is 23.5 Å². The summed E-state index contributed by atoms with van der Waals surface area (Å²) in [5.74, 6) is -2.75. The zero-order chi connectivity index (χ0) is 20.0. The Kier molecular flexibility index (Phi) is 7.29. The highest BCUT2D eigenvalue weighted by Gasteiger charge is 2.19. The van der Waals surface area contributed by atoms with Gasteiger partial charge in [0.1, 0.15) is 5.82 Å². The Hall–Kier alpha value is -2.48. The minimum atomic E-state index is -0.966. The highest BCUT2D eigenvalue weighted by molar-refractivity contribution is 8.00. The van der Waals surface area contributed by atoms with Crippen LogP contribution in [0.15, 0.2) is 42.5 Å². The van der Waals surface area contributed by atoms with Crippen LogP contribution in [0.3, 0.4) is 0 Å². The Balaban J connectivity index is 1.80. The van der Waals surface area contributed by atoms with Crippen molar-refractivity contribution in [3.8, 4) is 0 Å². The molecule has 8 heteroatoms. The summed E-state index contributed by atoms with van der Waals surface area (Å²) in [6.45, 7) is 1.70. The maximum atomic E-state index is 13.3. The lowest BCUT2D eigenvalue weighted by Crippen LogP contribution is -2.31. The van der Waals surface area contributed by atoms with Crippen molar-refractivity contribution in [2.24, 2.45) is 0 Å². The number of rotatable bonds is 7. The molecule has 2 rings (SSSR count). The molecule has 144 valence electrons. The maximum Gasteiger partial charge on any atom is 0.234 e. The van der Waals surface area contributed by atoms with Crippen molar-refractivity contribution in [2.75, 3.05) is 23.9 Å². The van der Waals surface area contributed by atoms with Gasteiger partial charge in [-0.3, -0.25) is 9.59 Å². The van der Waals surface area contributed by atoms with Gasteiger partial charge in [0, 0.05) is 12.7 Å². The minimum Gasteiger partial charge on any atom is -0.338 e. The van der Waals surface area contributed by atoms with E-state index in [1.54, 1.807) is 14.0 Å². The van der Waals surface area contributed by atoms with E-state index in [9.17, 15) is 22.8 Å². The van der Waals surface area contributed by atoms with Crippen LogP contribution < -0.4 is 5.32 Å². The fourth-order valence-electron chi connectivity index (χ4n) is 2.27. The fraction of sp³-hybridized carbons (Fsp3) is 0.263. The van der Waals surface area contributed by atoms with Gasteiger partial charge in [-0.25, -0.2) is 13.2 Å². The van der Waals surface area contributed by atoms with Crippen molar-refractivity contribution in [1.82, 2.24) is 4.90 Å². The first-order valence-corrected chi connectivity index (χ1v) is 9.27. The van der Waals surface area contributed by atoms with Gasteiger partial charge in [0.25, 0.3) is 0 Å².